The number of hydrogen-bond donors (Lipinski definition) is 2. The molecule has 0 saturated carbocycles. The van der Waals surface area contributed by atoms with Crippen molar-refractivity contribution < 1.29 is 23.6 Å². The molecular weight excluding hydrogens is 291 g/mol. The van der Waals surface area contributed by atoms with Crippen LogP contribution >= 0.6 is 7.82 Å². The van der Waals surface area contributed by atoms with Crippen LogP contribution < -0.4 is 0 Å². The Hall–Kier alpha value is -1.49. The highest BCUT2D eigenvalue weighted by molar-refractivity contribution is 7.47. The molecular formula is C15H17O5P. The van der Waals surface area contributed by atoms with Gasteiger partial charge in [0.25, 0.3) is 0 Å². The summed E-state index contributed by atoms with van der Waals surface area (Å²) in [7, 11) is -2.82. The molecule has 0 aliphatic rings. The molecule has 2 aromatic carbocycles. The van der Waals surface area contributed by atoms with E-state index >= 15 is 0 Å². The highest BCUT2D eigenvalue weighted by Crippen LogP contribution is 2.42. The summed E-state index contributed by atoms with van der Waals surface area (Å²) in [5, 5.41) is 9.01. The molecule has 0 radical (unpaired) electrons. The fraction of sp³-hybridized carbons (Fsp3) is 0.200. The van der Waals surface area contributed by atoms with Crippen molar-refractivity contribution in [1.29, 1.82) is 0 Å². The van der Waals surface area contributed by atoms with E-state index in [9.17, 15) is 4.57 Å². The summed E-state index contributed by atoms with van der Waals surface area (Å²) in [5.74, 6) is 0. The molecule has 1 atom stereocenters. The molecule has 2 N–H and O–H groups in total. The van der Waals surface area contributed by atoms with Gasteiger partial charge in [-0.3, -0.25) is 9.05 Å². The average molecular weight is 308 g/mol. The lowest BCUT2D eigenvalue weighted by Crippen LogP contribution is -1.93. The van der Waals surface area contributed by atoms with Gasteiger partial charge in [0.05, 0.1) is 13.2 Å². The predicted molar refractivity (Wildman–Crippen MR) is 79.4 cm³/mol. The van der Waals surface area contributed by atoms with E-state index in [1.165, 1.54) is 0 Å². The van der Waals surface area contributed by atoms with Crippen LogP contribution in [0.3, 0.4) is 0 Å². The lowest BCUT2D eigenvalue weighted by atomic mass is 10.0. The van der Waals surface area contributed by atoms with Gasteiger partial charge in [-0.05, 0) is 22.3 Å². The lowest BCUT2D eigenvalue weighted by molar-refractivity contribution is 0.166. The molecule has 0 aliphatic carbocycles. The summed E-state index contributed by atoms with van der Waals surface area (Å²) in [4.78, 5) is 9.16. The predicted octanol–water partition coefficient (Wildman–Crippen LogP) is 3.11. The fourth-order valence-corrected chi connectivity index (χ4v) is 2.22. The summed E-state index contributed by atoms with van der Waals surface area (Å²) in [5.41, 5.74) is 3.69. The zero-order valence-electron chi connectivity index (χ0n) is 11.6. The Balaban J connectivity index is 2.06. The minimum Gasteiger partial charge on any atom is -0.392 e. The molecule has 2 aromatic rings. The summed E-state index contributed by atoms with van der Waals surface area (Å²) >= 11 is 0. The fourth-order valence-electron chi connectivity index (χ4n) is 1.80. The van der Waals surface area contributed by atoms with Crippen molar-refractivity contribution in [1.82, 2.24) is 0 Å². The Morgan fingerprint density at radius 3 is 1.86 bits per heavy atom. The molecule has 0 bridgehead atoms. The third kappa shape index (κ3) is 4.49. The van der Waals surface area contributed by atoms with Crippen LogP contribution in [-0.2, 0) is 26.8 Å². The first kappa shape index (κ1) is 15.9. The van der Waals surface area contributed by atoms with Gasteiger partial charge >= 0.3 is 7.82 Å². The molecule has 0 aliphatic heterocycles. The topological polar surface area (TPSA) is 76.0 Å². The molecule has 0 saturated heterocycles. The van der Waals surface area contributed by atoms with Crippen molar-refractivity contribution in [3.8, 4) is 11.1 Å². The number of aliphatic hydroxyl groups excluding tert-OH is 1. The minimum atomic E-state index is -3.94. The van der Waals surface area contributed by atoms with Gasteiger partial charge in [-0.15, -0.1) is 0 Å². The molecule has 112 valence electrons. The Labute approximate surface area is 123 Å². The van der Waals surface area contributed by atoms with E-state index in [0.29, 0.717) is 0 Å². The van der Waals surface area contributed by atoms with Crippen molar-refractivity contribution in [2.75, 3.05) is 7.11 Å². The first-order chi connectivity index (χ1) is 10.0. The van der Waals surface area contributed by atoms with Gasteiger partial charge < -0.3 is 10.00 Å². The SMILES string of the molecule is COP(=O)(O)OCc1ccc(-c2ccc(CO)cc2)cc1. The smallest absolute Gasteiger partial charge is 0.392 e. The van der Waals surface area contributed by atoms with Crippen molar-refractivity contribution in [3.63, 3.8) is 0 Å². The number of aliphatic hydroxyl groups is 1. The van der Waals surface area contributed by atoms with Crippen LogP contribution in [0.15, 0.2) is 48.5 Å². The van der Waals surface area contributed by atoms with Crippen molar-refractivity contribution in [2.24, 2.45) is 0 Å². The van der Waals surface area contributed by atoms with Gasteiger partial charge in [0.1, 0.15) is 0 Å². The maximum absolute atomic E-state index is 11.2. The van der Waals surface area contributed by atoms with E-state index in [4.69, 9.17) is 14.5 Å². The van der Waals surface area contributed by atoms with E-state index in [2.05, 4.69) is 4.52 Å². The number of hydrogen-bond acceptors (Lipinski definition) is 4. The average Bonchev–Trinajstić information content (AvgIpc) is 2.54. The standard InChI is InChI=1S/C15H17O5P/c1-19-21(17,18)20-11-13-4-8-15(9-5-13)14-6-2-12(10-16)3-7-14/h2-9,16H,10-11H2,1H3,(H,17,18). The van der Waals surface area contributed by atoms with Gasteiger partial charge in [-0.2, -0.15) is 0 Å². The molecule has 0 fully saturated rings. The molecule has 6 heteroatoms. The molecule has 0 aromatic heterocycles. The molecule has 2 rings (SSSR count). The molecule has 0 spiro atoms. The maximum atomic E-state index is 11.2. The van der Waals surface area contributed by atoms with Gasteiger partial charge in [-0.1, -0.05) is 48.5 Å². The first-order valence-electron chi connectivity index (χ1n) is 6.36. The Kier molecular flexibility index (Phi) is 5.28. The summed E-state index contributed by atoms with van der Waals surface area (Å²) in [6.07, 6.45) is 0. The molecule has 21 heavy (non-hydrogen) atoms. The molecule has 5 nitrogen and oxygen atoms in total. The number of phosphoric ester groups is 1. The molecule has 1 unspecified atom stereocenters. The van der Waals surface area contributed by atoms with E-state index in [-0.39, 0.29) is 13.2 Å². The lowest BCUT2D eigenvalue weighted by Gasteiger charge is -2.09. The summed E-state index contributed by atoms with van der Waals surface area (Å²) in [6, 6.07) is 15.1. The number of phosphoric acid groups is 1. The normalized spacial score (nSPS) is 13.9. The van der Waals surface area contributed by atoms with Crippen molar-refractivity contribution in [2.45, 2.75) is 13.2 Å². The number of rotatable bonds is 6. The van der Waals surface area contributed by atoms with Gasteiger partial charge in [0, 0.05) is 7.11 Å². The van der Waals surface area contributed by atoms with Crippen molar-refractivity contribution in [3.05, 3.63) is 59.7 Å². The van der Waals surface area contributed by atoms with Crippen LogP contribution in [0.2, 0.25) is 0 Å². The van der Waals surface area contributed by atoms with Crippen LogP contribution in [0.5, 0.6) is 0 Å². The van der Waals surface area contributed by atoms with Crippen LogP contribution in [-0.4, -0.2) is 17.1 Å². The summed E-state index contributed by atoms with van der Waals surface area (Å²) < 4.78 is 20.3. The molecule has 0 amide bonds. The van der Waals surface area contributed by atoms with E-state index < -0.39 is 7.82 Å². The highest BCUT2D eigenvalue weighted by Gasteiger charge is 2.17. The third-order valence-corrected chi connectivity index (χ3v) is 3.97. The third-order valence-electron chi connectivity index (χ3n) is 3.05. The second kappa shape index (κ2) is 6.98. The van der Waals surface area contributed by atoms with E-state index in [1.54, 1.807) is 0 Å². The van der Waals surface area contributed by atoms with Gasteiger partial charge in [0.2, 0.25) is 0 Å². The van der Waals surface area contributed by atoms with Crippen LogP contribution in [0.1, 0.15) is 11.1 Å². The monoisotopic (exact) mass is 308 g/mol. The Bertz CT molecular complexity index is 622. The quantitative estimate of drug-likeness (QED) is 0.802. The molecule has 0 heterocycles. The van der Waals surface area contributed by atoms with E-state index in [0.717, 1.165) is 29.4 Å². The summed E-state index contributed by atoms with van der Waals surface area (Å²) in [6.45, 7) is 0.0304. The largest absolute Gasteiger partial charge is 0.472 e. The minimum absolute atomic E-state index is 0.00531. The zero-order chi connectivity index (χ0) is 15.3. The van der Waals surface area contributed by atoms with E-state index in [1.807, 2.05) is 48.5 Å². The maximum Gasteiger partial charge on any atom is 0.472 e. The van der Waals surface area contributed by atoms with Crippen LogP contribution in [0.25, 0.3) is 11.1 Å². The zero-order valence-corrected chi connectivity index (χ0v) is 12.5. The Morgan fingerprint density at radius 2 is 1.43 bits per heavy atom. The van der Waals surface area contributed by atoms with Crippen LogP contribution in [0, 0.1) is 0 Å². The van der Waals surface area contributed by atoms with Gasteiger partial charge in [0.15, 0.2) is 0 Å². The first-order valence-corrected chi connectivity index (χ1v) is 7.86. The number of benzene rings is 2. The van der Waals surface area contributed by atoms with Crippen molar-refractivity contribution >= 4 is 7.82 Å². The second-order valence-corrected chi connectivity index (χ2v) is 6.04. The van der Waals surface area contributed by atoms with Gasteiger partial charge in [-0.25, -0.2) is 4.57 Å². The highest BCUT2D eigenvalue weighted by atomic mass is 31.2. The second-order valence-electron chi connectivity index (χ2n) is 4.48. The van der Waals surface area contributed by atoms with Crippen LogP contribution in [0.4, 0.5) is 0 Å². The Morgan fingerprint density at radius 1 is 0.952 bits per heavy atom.